The van der Waals surface area contributed by atoms with E-state index >= 15 is 0 Å². The molecule has 11 nitrogen and oxygen atoms in total. The number of carbonyl (C=O) groups is 3. The Hall–Kier alpha value is -3.02. The molecule has 1 fully saturated rings. The van der Waals surface area contributed by atoms with Crippen LogP contribution in [0.5, 0.6) is 0 Å². The van der Waals surface area contributed by atoms with Gasteiger partial charge in [-0.1, -0.05) is 90.4 Å². The van der Waals surface area contributed by atoms with Crippen molar-refractivity contribution in [1.29, 1.82) is 0 Å². The van der Waals surface area contributed by atoms with Crippen molar-refractivity contribution in [1.82, 2.24) is 9.55 Å². The summed E-state index contributed by atoms with van der Waals surface area (Å²) in [6.45, 7) is 6.28. The molecule has 1 saturated heterocycles. The number of esters is 2. The van der Waals surface area contributed by atoms with E-state index in [0.717, 1.165) is 37.0 Å². The molecule has 42 heavy (non-hydrogen) atoms. The van der Waals surface area contributed by atoms with Gasteiger partial charge in [-0.3, -0.25) is 19.5 Å². The zero-order valence-electron chi connectivity index (χ0n) is 25.5. The Bertz CT molecular complexity index is 1050. The van der Waals surface area contributed by atoms with Gasteiger partial charge in [0.1, 0.15) is 0 Å². The molecule has 0 aromatic carbocycles. The average molecular weight is 598 g/mol. The first-order chi connectivity index (χ1) is 20.1. The van der Waals surface area contributed by atoms with Crippen molar-refractivity contribution in [3.8, 4) is 0 Å². The van der Waals surface area contributed by atoms with Crippen LogP contribution in [0, 0.1) is 5.82 Å². The third-order valence-corrected chi connectivity index (χ3v) is 7.16. The second-order valence-corrected chi connectivity index (χ2v) is 10.9. The van der Waals surface area contributed by atoms with Gasteiger partial charge in [0, 0.05) is 13.8 Å². The number of aromatic nitrogens is 2. The fourth-order valence-corrected chi connectivity index (χ4v) is 5.01. The summed E-state index contributed by atoms with van der Waals surface area (Å²) in [5.41, 5.74) is -0.975. The molecule has 1 aromatic heterocycles. The summed E-state index contributed by atoms with van der Waals surface area (Å²) in [6, 6.07) is 0. The number of nitrogens with one attached hydrogen (secondary N) is 1. The Morgan fingerprint density at radius 2 is 1.38 bits per heavy atom. The first-order valence-corrected chi connectivity index (χ1v) is 15.4. The zero-order chi connectivity index (χ0) is 30.9. The van der Waals surface area contributed by atoms with Crippen LogP contribution >= 0.6 is 0 Å². The van der Waals surface area contributed by atoms with E-state index in [1.807, 2.05) is 0 Å². The van der Waals surface area contributed by atoms with Gasteiger partial charge >= 0.3 is 23.7 Å². The molecule has 2 rings (SSSR count). The number of hydrogen-bond acceptors (Lipinski definition) is 9. The van der Waals surface area contributed by atoms with Gasteiger partial charge < -0.3 is 18.9 Å². The van der Waals surface area contributed by atoms with E-state index in [2.05, 4.69) is 17.2 Å². The van der Waals surface area contributed by atoms with Crippen molar-refractivity contribution in [2.45, 2.75) is 142 Å². The van der Waals surface area contributed by atoms with Gasteiger partial charge in [-0.15, -0.1) is 0 Å². The van der Waals surface area contributed by atoms with Crippen molar-refractivity contribution in [3.05, 3.63) is 22.5 Å². The van der Waals surface area contributed by atoms with Gasteiger partial charge in [0.25, 0.3) is 0 Å². The molecule has 0 saturated carbocycles. The summed E-state index contributed by atoms with van der Waals surface area (Å²) in [4.78, 5) is 51.6. The Morgan fingerprint density at radius 1 is 0.881 bits per heavy atom. The second-order valence-electron chi connectivity index (χ2n) is 10.9. The van der Waals surface area contributed by atoms with Crippen LogP contribution in [-0.2, 0) is 28.5 Å². The van der Waals surface area contributed by atoms with Gasteiger partial charge in [-0.05, 0) is 13.3 Å². The summed E-state index contributed by atoms with van der Waals surface area (Å²) >= 11 is 0. The number of amides is 1. The largest absolute Gasteiger partial charge is 0.456 e. The number of hydrogen-bond donors (Lipinski definition) is 1. The van der Waals surface area contributed by atoms with Gasteiger partial charge in [0.15, 0.2) is 30.1 Å². The maximum Gasteiger partial charge on any atom is 0.412 e. The van der Waals surface area contributed by atoms with Crippen LogP contribution in [0.15, 0.2) is 11.0 Å². The lowest BCUT2D eigenvalue weighted by Gasteiger charge is -2.23. The molecule has 1 aromatic rings. The summed E-state index contributed by atoms with van der Waals surface area (Å²) in [7, 11) is 0. The van der Waals surface area contributed by atoms with E-state index in [1.54, 1.807) is 6.92 Å². The Balaban J connectivity index is 1.72. The van der Waals surface area contributed by atoms with Crippen molar-refractivity contribution in [2.24, 2.45) is 0 Å². The fraction of sp³-hybridized carbons (Fsp3) is 0.767. The lowest BCUT2D eigenvalue weighted by Crippen LogP contribution is -2.40. The molecule has 0 bridgehead atoms. The first kappa shape index (κ1) is 35.2. The fourth-order valence-electron chi connectivity index (χ4n) is 5.01. The minimum absolute atomic E-state index is 0.165. The van der Waals surface area contributed by atoms with E-state index in [-0.39, 0.29) is 6.61 Å². The molecule has 0 spiro atoms. The molecule has 1 amide bonds. The van der Waals surface area contributed by atoms with Crippen molar-refractivity contribution >= 4 is 23.8 Å². The van der Waals surface area contributed by atoms with Crippen LogP contribution in [-0.4, -0.2) is 52.5 Å². The normalized spacial score (nSPS) is 19.8. The van der Waals surface area contributed by atoms with Crippen LogP contribution in [0.1, 0.15) is 124 Å². The highest BCUT2D eigenvalue weighted by molar-refractivity contribution is 5.83. The third-order valence-electron chi connectivity index (χ3n) is 7.16. The highest BCUT2D eigenvalue weighted by Gasteiger charge is 2.48. The topological polar surface area (TPSA) is 135 Å². The second kappa shape index (κ2) is 19.2. The van der Waals surface area contributed by atoms with E-state index in [4.69, 9.17) is 18.9 Å². The van der Waals surface area contributed by atoms with Gasteiger partial charge in [0.05, 0.1) is 18.9 Å². The molecule has 4 atom stereocenters. The number of ether oxygens (including phenoxy) is 4. The highest BCUT2D eigenvalue weighted by Crippen LogP contribution is 2.33. The summed E-state index contributed by atoms with van der Waals surface area (Å²) in [6.07, 6.45) is 12.5. The van der Waals surface area contributed by atoms with E-state index in [1.165, 1.54) is 71.1 Å². The number of unbranched alkanes of at least 4 members (excludes halogenated alkanes) is 13. The van der Waals surface area contributed by atoms with E-state index < -0.39 is 59.9 Å². The average Bonchev–Trinajstić information content (AvgIpc) is 3.21. The van der Waals surface area contributed by atoms with Crippen LogP contribution in [0.25, 0.3) is 0 Å². The van der Waals surface area contributed by atoms with E-state index in [9.17, 15) is 23.6 Å². The molecule has 12 heteroatoms. The number of rotatable bonds is 19. The zero-order valence-corrected chi connectivity index (χ0v) is 25.5. The highest BCUT2D eigenvalue weighted by atomic mass is 19.1. The summed E-state index contributed by atoms with van der Waals surface area (Å²) < 4.78 is 36.8. The monoisotopic (exact) mass is 597 g/mol. The third kappa shape index (κ3) is 12.5. The van der Waals surface area contributed by atoms with Crippen molar-refractivity contribution in [3.63, 3.8) is 0 Å². The number of anilines is 1. The predicted molar refractivity (Wildman–Crippen MR) is 154 cm³/mol. The summed E-state index contributed by atoms with van der Waals surface area (Å²) in [5, 5.41) is 2.15. The maximum atomic E-state index is 14.8. The van der Waals surface area contributed by atoms with Crippen LogP contribution in [0.2, 0.25) is 0 Å². The molecule has 4 unspecified atom stereocenters. The SMILES string of the molecule is CCCCCCCCCCCCCCCCOC(=O)Nc1nc(=O)n(C2OC(C)C(OC(C)=O)C2OC(C)=O)cc1F. The predicted octanol–water partition coefficient (Wildman–Crippen LogP) is 6.19. The quantitative estimate of drug-likeness (QED) is 0.112. The molecule has 1 N–H and O–H groups in total. The van der Waals surface area contributed by atoms with Gasteiger partial charge in [-0.25, -0.2) is 14.0 Å². The van der Waals surface area contributed by atoms with Crippen LogP contribution in [0.4, 0.5) is 15.0 Å². The van der Waals surface area contributed by atoms with Crippen LogP contribution < -0.4 is 11.0 Å². The number of nitrogens with zero attached hydrogens (tertiary/aromatic N) is 2. The molecule has 0 aliphatic carbocycles. The Kier molecular flexibility index (Phi) is 16.1. The molecule has 238 valence electrons. The lowest BCUT2D eigenvalue weighted by molar-refractivity contribution is -0.165. The van der Waals surface area contributed by atoms with Crippen molar-refractivity contribution in [2.75, 3.05) is 11.9 Å². The smallest absolute Gasteiger partial charge is 0.412 e. The lowest BCUT2D eigenvalue weighted by atomic mass is 10.0. The Labute approximate surface area is 247 Å². The van der Waals surface area contributed by atoms with Crippen LogP contribution in [0.3, 0.4) is 0 Å². The molecular weight excluding hydrogens is 549 g/mol. The number of carbonyl (C=O) groups excluding carboxylic acids is 3. The molecular formula is C30H48FN3O8. The molecule has 1 aliphatic rings. The molecule has 2 heterocycles. The van der Waals surface area contributed by atoms with Gasteiger partial charge in [0.2, 0.25) is 0 Å². The molecule has 1 aliphatic heterocycles. The van der Waals surface area contributed by atoms with Crippen molar-refractivity contribution < 1.29 is 37.7 Å². The van der Waals surface area contributed by atoms with E-state index in [0.29, 0.717) is 6.42 Å². The maximum absolute atomic E-state index is 14.8. The standard InChI is InChI=1S/C30H48FN3O8/c1-5-6-7-8-9-10-11-12-13-14-15-16-17-18-19-39-30(38)33-27-24(31)20-34(29(37)32-27)28-26(42-23(4)36)25(21(2)40-28)41-22(3)35/h20-21,25-26,28H,5-19H2,1-4H3,(H,32,33,37,38). The minimum Gasteiger partial charge on any atom is -0.456 e. The minimum atomic E-state index is -1.30. The Morgan fingerprint density at radius 3 is 1.90 bits per heavy atom. The summed E-state index contributed by atoms with van der Waals surface area (Å²) in [5.74, 6) is -2.98. The first-order valence-electron chi connectivity index (χ1n) is 15.4. The number of halogens is 1. The molecule has 0 radical (unpaired) electrons. The van der Waals surface area contributed by atoms with Gasteiger partial charge in [-0.2, -0.15) is 4.98 Å².